The topological polar surface area (TPSA) is 83.5 Å². The van der Waals surface area contributed by atoms with Crippen molar-refractivity contribution in [3.05, 3.63) is 54.1 Å². The van der Waals surface area contributed by atoms with E-state index in [1.54, 1.807) is 24.0 Å². The number of hydrogen-bond acceptors (Lipinski definition) is 4. The maximum atomic E-state index is 12.9. The second-order valence-electron chi connectivity index (χ2n) is 6.60. The third kappa shape index (κ3) is 3.88. The molecule has 0 bridgehead atoms. The number of hydrogen-bond donors (Lipinski definition) is 1. The Morgan fingerprint density at radius 3 is 2.52 bits per heavy atom. The van der Waals surface area contributed by atoms with Gasteiger partial charge in [0, 0.05) is 18.2 Å². The third-order valence-corrected chi connectivity index (χ3v) is 6.26. The molecule has 1 atom stereocenters. The summed E-state index contributed by atoms with van der Waals surface area (Å²) >= 11 is 0. The molecule has 1 N–H and O–H groups in total. The van der Waals surface area contributed by atoms with Crippen LogP contribution < -0.4 is 10.2 Å². The Bertz CT molecular complexity index is 985. The zero-order valence-corrected chi connectivity index (χ0v) is 16.1. The van der Waals surface area contributed by atoms with E-state index in [4.69, 9.17) is 0 Å². The minimum atomic E-state index is -3.91. The van der Waals surface area contributed by atoms with Gasteiger partial charge in [-0.3, -0.25) is 9.59 Å². The van der Waals surface area contributed by atoms with Crippen LogP contribution in [0.3, 0.4) is 0 Å². The predicted octanol–water partition coefficient (Wildman–Crippen LogP) is 2.79. The fourth-order valence-electron chi connectivity index (χ4n) is 3.34. The van der Waals surface area contributed by atoms with E-state index < -0.39 is 21.5 Å². The molecule has 2 aromatic carbocycles. The van der Waals surface area contributed by atoms with Crippen LogP contribution in [0.25, 0.3) is 0 Å². The number of fused-ring (bicyclic) bond motifs is 1. The van der Waals surface area contributed by atoms with E-state index >= 15 is 0 Å². The standard InChI is InChI=1S/C20H22N2O4S/c1-3-19(23)21-16-9-5-7-11-18(16)27(25,26)13-20(24)22-14(2)12-15-8-4-6-10-17(15)22/h4-11,14H,3,12-13H2,1-2H3,(H,21,23). The number of carbonyl (C=O) groups is 2. The molecule has 0 fully saturated rings. The molecule has 3 rings (SSSR count). The van der Waals surface area contributed by atoms with Crippen LogP contribution in [-0.2, 0) is 25.8 Å². The van der Waals surface area contributed by atoms with Gasteiger partial charge in [-0.1, -0.05) is 37.3 Å². The highest BCUT2D eigenvalue weighted by molar-refractivity contribution is 7.92. The first kappa shape index (κ1) is 19.1. The monoisotopic (exact) mass is 386 g/mol. The summed E-state index contributed by atoms with van der Waals surface area (Å²) in [6.45, 7) is 3.59. The molecule has 0 saturated carbocycles. The molecule has 0 saturated heterocycles. The molecule has 0 radical (unpaired) electrons. The molecule has 1 aliphatic rings. The van der Waals surface area contributed by atoms with Crippen LogP contribution in [0, 0.1) is 0 Å². The Morgan fingerprint density at radius 1 is 1.11 bits per heavy atom. The Balaban J connectivity index is 1.88. The summed E-state index contributed by atoms with van der Waals surface area (Å²) in [4.78, 5) is 26.1. The number of anilines is 2. The van der Waals surface area contributed by atoms with Gasteiger partial charge < -0.3 is 10.2 Å². The van der Waals surface area contributed by atoms with Crippen LogP contribution in [0.15, 0.2) is 53.4 Å². The van der Waals surface area contributed by atoms with Crippen molar-refractivity contribution in [2.24, 2.45) is 0 Å². The van der Waals surface area contributed by atoms with E-state index in [1.807, 2.05) is 31.2 Å². The lowest BCUT2D eigenvalue weighted by Crippen LogP contribution is -2.39. The molecule has 27 heavy (non-hydrogen) atoms. The highest BCUT2D eigenvalue weighted by atomic mass is 32.2. The number of rotatable bonds is 5. The van der Waals surface area contributed by atoms with Crippen molar-refractivity contribution >= 4 is 33.0 Å². The summed E-state index contributed by atoms with van der Waals surface area (Å²) in [6, 6.07) is 13.6. The fourth-order valence-corrected chi connectivity index (χ4v) is 4.69. The molecule has 2 amide bonds. The van der Waals surface area contributed by atoms with Crippen molar-refractivity contribution < 1.29 is 18.0 Å². The van der Waals surface area contributed by atoms with E-state index in [0.717, 1.165) is 11.3 Å². The quantitative estimate of drug-likeness (QED) is 0.856. The van der Waals surface area contributed by atoms with Crippen LogP contribution in [0.4, 0.5) is 11.4 Å². The van der Waals surface area contributed by atoms with Crippen molar-refractivity contribution in [3.63, 3.8) is 0 Å². The molecule has 6 nitrogen and oxygen atoms in total. The summed E-state index contributed by atoms with van der Waals surface area (Å²) in [7, 11) is -3.91. The molecule has 1 aliphatic heterocycles. The van der Waals surface area contributed by atoms with Gasteiger partial charge in [0.1, 0.15) is 5.75 Å². The second-order valence-corrected chi connectivity index (χ2v) is 8.56. The Hall–Kier alpha value is -2.67. The van der Waals surface area contributed by atoms with Crippen molar-refractivity contribution in [3.8, 4) is 0 Å². The molecule has 7 heteroatoms. The zero-order chi connectivity index (χ0) is 19.6. The fraction of sp³-hybridized carbons (Fsp3) is 0.300. The molecular formula is C20H22N2O4S. The Kier molecular flexibility index (Phi) is 5.32. The average Bonchev–Trinajstić information content (AvgIpc) is 2.97. The molecule has 142 valence electrons. The first-order valence-corrected chi connectivity index (χ1v) is 10.5. The molecular weight excluding hydrogens is 364 g/mol. The summed E-state index contributed by atoms with van der Waals surface area (Å²) < 4.78 is 25.8. The van der Waals surface area contributed by atoms with Crippen molar-refractivity contribution in [1.29, 1.82) is 0 Å². The third-order valence-electron chi connectivity index (χ3n) is 4.61. The van der Waals surface area contributed by atoms with Crippen molar-refractivity contribution in [2.45, 2.75) is 37.6 Å². The molecule has 1 heterocycles. The van der Waals surface area contributed by atoms with Crippen molar-refractivity contribution in [1.82, 2.24) is 0 Å². The Morgan fingerprint density at radius 2 is 1.78 bits per heavy atom. The lowest BCUT2D eigenvalue weighted by Gasteiger charge is -2.23. The van der Waals surface area contributed by atoms with Crippen LogP contribution in [0.2, 0.25) is 0 Å². The summed E-state index contributed by atoms with van der Waals surface area (Å²) in [5.41, 5.74) is 2.00. The number of nitrogens with zero attached hydrogens (tertiary/aromatic N) is 1. The van der Waals surface area contributed by atoms with Crippen LogP contribution in [-0.4, -0.2) is 32.0 Å². The lowest BCUT2D eigenvalue weighted by atomic mass is 10.1. The molecule has 1 unspecified atom stereocenters. The van der Waals surface area contributed by atoms with Crippen LogP contribution >= 0.6 is 0 Å². The van der Waals surface area contributed by atoms with Crippen LogP contribution in [0.5, 0.6) is 0 Å². The predicted molar refractivity (Wildman–Crippen MR) is 105 cm³/mol. The van der Waals surface area contributed by atoms with E-state index in [1.165, 1.54) is 12.1 Å². The first-order chi connectivity index (χ1) is 12.8. The number of carbonyl (C=O) groups excluding carboxylic acids is 2. The number of nitrogens with one attached hydrogen (secondary N) is 1. The number of benzene rings is 2. The summed E-state index contributed by atoms with van der Waals surface area (Å²) in [5, 5.41) is 2.59. The zero-order valence-electron chi connectivity index (χ0n) is 15.3. The smallest absolute Gasteiger partial charge is 0.242 e. The molecule has 0 spiro atoms. The molecule has 0 aliphatic carbocycles. The minimum Gasteiger partial charge on any atom is -0.325 e. The van der Waals surface area contributed by atoms with Gasteiger partial charge >= 0.3 is 0 Å². The summed E-state index contributed by atoms with van der Waals surface area (Å²) in [5.74, 6) is -1.40. The van der Waals surface area contributed by atoms with Gasteiger partial charge in [-0.25, -0.2) is 8.42 Å². The van der Waals surface area contributed by atoms with E-state index in [0.29, 0.717) is 6.42 Å². The number of sulfone groups is 1. The maximum Gasteiger partial charge on any atom is 0.242 e. The van der Waals surface area contributed by atoms with E-state index in [-0.39, 0.29) is 29.0 Å². The van der Waals surface area contributed by atoms with Gasteiger partial charge in [0.15, 0.2) is 9.84 Å². The van der Waals surface area contributed by atoms with Crippen molar-refractivity contribution in [2.75, 3.05) is 16.0 Å². The average molecular weight is 386 g/mol. The highest BCUT2D eigenvalue weighted by Crippen LogP contribution is 2.32. The lowest BCUT2D eigenvalue weighted by molar-refractivity contribution is -0.117. The van der Waals surface area contributed by atoms with Gasteiger partial charge in [-0.15, -0.1) is 0 Å². The number of para-hydroxylation sites is 2. The molecule has 2 aromatic rings. The maximum absolute atomic E-state index is 12.9. The molecule has 0 aromatic heterocycles. The first-order valence-electron chi connectivity index (χ1n) is 8.85. The van der Waals surface area contributed by atoms with Gasteiger partial charge in [-0.05, 0) is 37.1 Å². The normalized spacial score (nSPS) is 16.1. The van der Waals surface area contributed by atoms with Gasteiger partial charge in [0.05, 0.1) is 10.6 Å². The highest BCUT2D eigenvalue weighted by Gasteiger charge is 2.34. The van der Waals surface area contributed by atoms with E-state index in [2.05, 4.69) is 5.32 Å². The second kappa shape index (κ2) is 7.52. The van der Waals surface area contributed by atoms with Gasteiger partial charge in [-0.2, -0.15) is 0 Å². The van der Waals surface area contributed by atoms with E-state index in [9.17, 15) is 18.0 Å². The van der Waals surface area contributed by atoms with Gasteiger partial charge in [0.25, 0.3) is 0 Å². The van der Waals surface area contributed by atoms with Crippen LogP contribution in [0.1, 0.15) is 25.8 Å². The minimum absolute atomic E-state index is 0.0414. The Labute approximate surface area is 159 Å². The SMILES string of the molecule is CCC(=O)Nc1ccccc1S(=O)(=O)CC(=O)N1c2ccccc2CC1C. The largest absolute Gasteiger partial charge is 0.325 e. The summed E-state index contributed by atoms with van der Waals surface area (Å²) in [6.07, 6.45) is 0.931. The van der Waals surface area contributed by atoms with Gasteiger partial charge in [0.2, 0.25) is 11.8 Å². The number of amides is 2.